The number of hydrogen-bond acceptors (Lipinski definition) is 0. The summed E-state index contributed by atoms with van der Waals surface area (Å²) in [4.78, 5) is 0. The van der Waals surface area contributed by atoms with Gasteiger partial charge in [0, 0.05) is 5.92 Å². The SMILES string of the molecule is C[Si](C)(C)C1=C2CCCCC2=C([Si](C)(C)C)C1c1ccccc1. The maximum atomic E-state index is 2.56. The molecule has 0 atom stereocenters. The molecular weight excluding hydrogens is 308 g/mol. The predicted molar refractivity (Wildman–Crippen MR) is 108 cm³/mol. The molecule has 2 aliphatic carbocycles. The molecule has 0 aromatic heterocycles. The van der Waals surface area contributed by atoms with Crippen LogP contribution in [0, 0.1) is 0 Å². The summed E-state index contributed by atoms with van der Waals surface area (Å²) in [5, 5.41) is 3.74. The molecule has 0 aliphatic heterocycles. The molecule has 1 aromatic carbocycles. The van der Waals surface area contributed by atoms with Crippen molar-refractivity contribution in [1.82, 2.24) is 0 Å². The fourth-order valence-corrected chi connectivity index (χ4v) is 9.60. The average Bonchev–Trinajstić information content (AvgIpc) is 2.83. The summed E-state index contributed by atoms with van der Waals surface area (Å²) in [6.07, 6.45) is 5.47. The molecule has 2 heteroatoms. The quantitative estimate of drug-likeness (QED) is 0.537. The highest BCUT2D eigenvalue weighted by Gasteiger charge is 2.44. The van der Waals surface area contributed by atoms with Crippen LogP contribution in [0.2, 0.25) is 39.3 Å². The van der Waals surface area contributed by atoms with Gasteiger partial charge in [0.1, 0.15) is 0 Å². The van der Waals surface area contributed by atoms with Crippen LogP contribution in [0.3, 0.4) is 0 Å². The van der Waals surface area contributed by atoms with Gasteiger partial charge in [-0.15, -0.1) is 0 Å². The molecule has 3 rings (SSSR count). The van der Waals surface area contributed by atoms with Gasteiger partial charge in [-0.1, -0.05) is 80.0 Å². The zero-order valence-electron chi connectivity index (χ0n) is 15.8. The second kappa shape index (κ2) is 5.89. The van der Waals surface area contributed by atoms with Crippen molar-refractivity contribution >= 4 is 16.1 Å². The first-order valence-electron chi connectivity index (χ1n) is 9.23. The second-order valence-corrected chi connectivity index (χ2v) is 19.4. The van der Waals surface area contributed by atoms with Gasteiger partial charge < -0.3 is 0 Å². The zero-order chi connectivity index (χ0) is 16.8. The molecule has 1 aromatic rings. The predicted octanol–water partition coefficient (Wildman–Crippen LogP) is 6.71. The second-order valence-electron chi connectivity index (χ2n) is 9.34. The smallest absolute Gasteiger partial charge is 0.0668 e. The van der Waals surface area contributed by atoms with E-state index >= 15 is 0 Å². The van der Waals surface area contributed by atoms with Crippen molar-refractivity contribution < 1.29 is 0 Å². The van der Waals surface area contributed by atoms with Crippen molar-refractivity contribution in [2.75, 3.05) is 0 Å². The van der Waals surface area contributed by atoms with E-state index < -0.39 is 16.1 Å². The zero-order valence-corrected chi connectivity index (χ0v) is 17.8. The lowest BCUT2D eigenvalue weighted by Crippen LogP contribution is -2.33. The first-order valence-corrected chi connectivity index (χ1v) is 16.2. The Labute approximate surface area is 144 Å². The number of allylic oxidation sites excluding steroid dienone is 4. The number of hydrogen-bond donors (Lipinski definition) is 0. The molecule has 0 unspecified atom stereocenters. The highest BCUT2D eigenvalue weighted by atomic mass is 28.3. The Hall–Kier alpha value is -0.866. The van der Waals surface area contributed by atoms with Gasteiger partial charge in [0.2, 0.25) is 0 Å². The van der Waals surface area contributed by atoms with Crippen LogP contribution in [0.4, 0.5) is 0 Å². The monoisotopic (exact) mass is 340 g/mol. The minimum atomic E-state index is -1.34. The van der Waals surface area contributed by atoms with Gasteiger partial charge in [0.25, 0.3) is 0 Å². The summed E-state index contributed by atoms with van der Waals surface area (Å²) in [5.74, 6) is 0.609. The third-order valence-electron chi connectivity index (χ3n) is 5.44. The Morgan fingerprint density at radius 3 is 1.52 bits per heavy atom. The van der Waals surface area contributed by atoms with Crippen LogP contribution >= 0.6 is 0 Å². The van der Waals surface area contributed by atoms with Crippen LogP contribution < -0.4 is 0 Å². The van der Waals surface area contributed by atoms with Crippen molar-refractivity contribution in [3.05, 3.63) is 57.4 Å². The third-order valence-corrected chi connectivity index (χ3v) is 9.86. The van der Waals surface area contributed by atoms with Gasteiger partial charge in [-0.3, -0.25) is 0 Å². The van der Waals surface area contributed by atoms with Gasteiger partial charge in [-0.25, -0.2) is 0 Å². The van der Waals surface area contributed by atoms with Crippen molar-refractivity contribution in [1.29, 1.82) is 0 Å². The standard InChI is InChI=1S/C21H32Si2/c1-22(2,3)20-17-14-10-11-15-18(17)21(23(4,5)6)19(20)16-12-8-7-9-13-16/h7-9,12-13,19H,10-11,14-15H2,1-6H3. The van der Waals surface area contributed by atoms with E-state index in [1.165, 1.54) is 25.7 Å². The van der Waals surface area contributed by atoms with E-state index in [1.54, 1.807) is 5.56 Å². The molecule has 0 saturated heterocycles. The lowest BCUT2D eigenvalue weighted by Gasteiger charge is -2.33. The summed E-state index contributed by atoms with van der Waals surface area (Å²) >= 11 is 0. The lowest BCUT2D eigenvalue weighted by atomic mass is 9.92. The maximum Gasteiger partial charge on any atom is 0.0740 e. The summed E-state index contributed by atoms with van der Waals surface area (Å²) in [5.41, 5.74) is 5.17. The van der Waals surface area contributed by atoms with E-state index in [-0.39, 0.29) is 0 Å². The molecule has 1 fully saturated rings. The van der Waals surface area contributed by atoms with Crippen molar-refractivity contribution in [3.8, 4) is 0 Å². The number of benzene rings is 1. The molecule has 124 valence electrons. The van der Waals surface area contributed by atoms with Crippen molar-refractivity contribution in [2.45, 2.75) is 70.9 Å². The van der Waals surface area contributed by atoms with Gasteiger partial charge >= 0.3 is 0 Å². The van der Waals surface area contributed by atoms with E-state index in [0.717, 1.165) is 0 Å². The van der Waals surface area contributed by atoms with E-state index in [2.05, 4.69) is 69.6 Å². The average molecular weight is 341 g/mol. The van der Waals surface area contributed by atoms with Crippen LogP contribution in [0.5, 0.6) is 0 Å². The first-order chi connectivity index (χ1) is 10.7. The Morgan fingerprint density at radius 1 is 0.696 bits per heavy atom. The summed E-state index contributed by atoms with van der Waals surface area (Å²) in [7, 11) is -2.68. The molecule has 0 N–H and O–H groups in total. The fourth-order valence-electron chi connectivity index (χ4n) is 4.74. The number of rotatable bonds is 3. The third kappa shape index (κ3) is 3.08. The number of fused-ring (bicyclic) bond motifs is 1. The van der Waals surface area contributed by atoms with Gasteiger partial charge in [0.15, 0.2) is 0 Å². The minimum Gasteiger partial charge on any atom is -0.0668 e. The van der Waals surface area contributed by atoms with E-state index in [0.29, 0.717) is 5.92 Å². The molecule has 0 radical (unpaired) electrons. The van der Waals surface area contributed by atoms with Crippen LogP contribution in [0.1, 0.15) is 37.2 Å². The van der Waals surface area contributed by atoms with Crippen LogP contribution in [0.15, 0.2) is 51.9 Å². The van der Waals surface area contributed by atoms with Crippen molar-refractivity contribution in [2.24, 2.45) is 0 Å². The first kappa shape index (κ1) is 17.0. The molecule has 0 spiro atoms. The Kier molecular flexibility index (Phi) is 4.35. The molecule has 1 saturated carbocycles. The Balaban J connectivity index is 2.26. The molecule has 2 aliphatic rings. The Morgan fingerprint density at radius 2 is 1.13 bits per heavy atom. The van der Waals surface area contributed by atoms with Crippen molar-refractivity contribution in [3.63, 3.8) is 0 Å². The Bertz CT molecular complexity index is 611. The fraction of sp³-hybridized carbons (Fsp3) is 0.524. The highest BCUT2D eigenvalue weighted by Crippen LogP contribution is 2.54. The molecule has 0 bridgehead atoms. The molecule has 23 heavy (non-hydrogen) atoms. The topological polar surface area (TPSA) is 0 Å². The normalized spacial score (nSPS) is 20.3. The van der Waals surface area contributed by atoms with Crippen LogP contribution in [-0.2, 0) is 0 Å². The minimum absolute atomic E-state index is 0.609. The highest BCUT2D eigenvalue weighted by molar-refractivity contribution is 6.86. The largest absolute Gasteiger partial charge is 0.0740 e. The summed E-state index contributed by atoms with van der Waals surface area (Å²) in [6, 6.07) is 11.4. The summed E-state index contributed by atoms with van der Waals surface area (Å²) in [6.45, 7) is 15.4. The molecule has 0 heterocycles. The van der Waals surface area contributed by atoms with E-state index in [9.17, 15) is 0 Å². The molecular formula is C21H32Si2. The van der Waals surface area contributed by atoms with Gasteiger partial charge in [0.05, 0.1) is 16.1 Å². The van der Waals surface area contributed by atoms with Gasteiger partial charge in [-0.2, -0.15) is 0 Å². The van der Waals surface area contributed by atoms with Crippen LogP contribution in [-0.4, -0.2) is 16.1 Å². The lowest BCUT2D eigenvalue weighted by molar-refractivity contribution is 0.680. The maximum absolute atomic E-state index is 2.56. The summed E-state index contributed by atoms with van der Waals surface area (Å²) < 4.78 is 0. The van der Waals surface area contributed by atoms with Gasteiger partial charge in [-0.05, 0) is 42.4 Å². The van der Waals surface area contributed by atoms with E-state index in [4.69, 9.17) is 0 Å². The molecule has 0 nitrogen and oxygen atoms in total. The van der Waals surface area contributed by atoms with E-state index in [1.807, 2.05) is 21.5 Å². The van der Waals surface area contributed by atoms with Crippen LogP contribution in [0.25, 0.3) is 0 Å². The molecule has 0 amide bonds.